The predicted octanol–water partition coefficient (Wildman–Crippen LogP) is 3.01. The lowest BCUT2D eigenvalue weighted by Crippen LogP contribution is -2.14. The van der Waals surface area contributed by atoms with Gasteiger partial charge in [0.25, 0.3) is 0 Å². The van der Waals surface area contributed by atoms with Crippen LogP contribution in [0.15, 0.2) is 53.7 Å². The van der Waals surface area contributed by atoms with Crippen molar-refractivity contribution < 1.29 is 19.5 Å². The Balaban J connectivity index is 2.04. The first-order valence-corrected chi connectivity index (χ1v) is 6.73. The summed E-state index contributed by atoms with van der Waals surface area (Å²) in [4.78, 5) is 15.6. The minimum absolute atomic E-state index is 0.131. The third kappa shape index (κ3) is 4.09. The number of nitrogens with zero attached hydrogens (tertiary/aromatic N) is 1. The first-order valence-electron chi connectivity index (χ1n) is 6.73. The number of hydrogen-bond acceptors (Lipinski definition) is 4. The smallest absolute Gasteiger partial charge is 0.358 e. The van der Waals surface area contributed by atoms with Crippen LogP contribution in [0.5, 0.6) is 5.75 Å². The molecule has 0 heterocycles. The number of benzene rings is 2. The Morgan fingerprint density at radius 3 is 2.27 bits per heavy atom. The van der Waals surface area contributed by atoms with Crippen molar-refractivity contribution >= 4 is 11.7 Å². The van der Waals surface area contributed by atoms with Gasteiger partial charge in [-0.05, 0) is 24.6 Å². The van der Waals surface area contributed by atoms with Crippen molar-refractivity contribution in [3.8, 4) is 5.75 Å². The second kappa shape index (κ2) is 7.26. The van der Waals surface area contributed by atoms with E-state index in [2.05, 4.69) is 9.99 Å². The maximum absolute atomic E-state index is 11.1. The van der Waals surface area contributed by atoms with Crippen molar-refractivity contribution in [2.75, 3.05) is 7.11 Å². The van der Waals surface area contributed by atoms with E-state index in [9.17, 15) is 4.79 Å². The lowest BCUT2D eigenvalue weighted by Gasteiger charge is -2.07. The molecule has 0 radical (unpaired) electrons. The van der Waals surface area contributed by atoms with Crippen LogP contribution < -0.4 is 4.74 Å². The number of aryl methyl sites for hydroxylation is 1. The zero-order chi connectivity index (χ0) is 15.9. The summed E-state index contributed by atoms with van der Waals surface area (Å²) in [5.74, 6) is -0.340. The van der Waals surface area contributed by atoms with Crippen LogP contribution in [0, 0.1) is 6.92 Å². The third-order valence-electron chi connectivity index (χ3n) is 3.04. The molecular formula is C17H17NO4. The first-order chi connectivity index (χ1) is 10.6. The fraction of sp³-hybridized carbons (Fsp3) is 0.176. The van der Waals surface area contributed by atoms with Gasteiger partial charge in [-0.2, -0.15) is 0 Å². The molecule has 22 heavy (non-hydrogen) atoms. The zero-order valence-electron chi connectivity index (χ0n) is 12.4. The SMILES string of the molecule is CO/N=C(/C(=O)O)c1ccc(COc2ccc(C)cc2)cc1. The minimum atomic E-state index is -1.13. The molecule has 0 aromatic heterocycles. The number of carboxylic acid groups (broad SMARTS) is 1. The molecule has 114 valence electrons. The van der Waals surface area contributed by atoms with Gasteiger partial charge in [0.15, 0.2) is 5.71 Å². The molecule has 5 heteroatoms. The van der Waals surface area contributed by atoms with Gasteiger partial charge in [-0.1, -0.05) is 47.1 Å². The Morgan fingerprint density at radius 2 is 1.73 bits per heavy atom. The van der Waals surface area contributed by atoms with Gasteiger partial charge in [0.1, 0.15) is 19.5 Å². The molecule has 0 spiro atoms. The van der Waals surface area contributed by atoms with E-state index in [1.54, 1.807) is 24.3 Å². The molecule has 5 nitrogen and oxygen atoms in total. The van der Waals surface area contributed by atoms with Crippen molar-refractivity contribution in [2.24, 2.45) is 5.16 Å². The van der Waals surface area contributed by atoms with Gasteiger partial charge in [-0.15, -0.1) is 0 Å². The molecule has 0 aliphatic heterocycles. The summed E-state index contributed by atoms with van der Waals surface area (Å²) in [5.41, 5.74) is 2.46. The van der Waals surface area contributed by atoms with E-state index in [0.717, 1.165) is 11.3 Å². The fourth-order valence-electron chi connectivity index (χ4n) is 1.87. The van der Waals surface area contributed by atoms with Crippen molar-refractivity contribution in [3.05, 3.63) is 65.2 Å². The van der Waals surface area contributed by atoms with Crippen LogP contribution in [0.4, 0.5) is 0 Å². The first kappa shape index (κ1) is 15.6. The number of ether oxygens (including phenoxy) is 1. The Bertz CT molecular complexity index is 660. The van der Waals surface area contributed by atoms with Crippen LogP contribution in [0.1, 0.15) is 16.7 Å². The van der Waals surface area contributed by atoms with E-state index in [4.69, 9.17) is 9.84 Å². The highest BCUT2D eigenvalue weighted by atomic mass is 16.6. The summed E-state index contributed by atoms with van der Waals surface area (Å²) in [6.45, 7) is 2.43. The van der Waals surface area contributed by atoms with Crippen LogP contribution in [0.25, 0.3) is 0 Å². The van der Waals surface area contributed by atoms with Gasteiger partial charge in [0, 0.05) is 5.56 Å². The summed E-state index contributed by atoms with van der Waals surface area (Å²) in [6.07, 6.45) is 0. The standard InChI is InChI=1S/C17H17NO4/c1-12-3-9-15(10-4-12)22-11-13-5-7-14(8-6-13)16(17(19)20)18-21-2/h3-10H,11H2,1-2H3,(H,19,20)/b18-16+. The average Bonchev–Trinajstić information content (AvgIpc) is 2.52. The molecule has 0 atom stereocenters. The van der Waals surface area contributed by atoms with Crippen LogP contribution in [0.2, 0.25) is 0 Å². The lowest BCUT2D eigenvalue weighted by molar-refractivity contribution is -0.129. The van der Waals surface area contributed by atoms with E-state index >= 15 is 0 Å². The quantitative estimate of drug-likeness (QED) is 0.657. The molecule has 0 aliphatic rings. The molecule has 2 aromatic rings. The zero-order valence-corrected chi connectivity index (χ0v) is 12.4. The van der Waals surface area contributed by atoms with Gasteiger partial charge >= 0.3 is 5.97 Å². The molecule has 0 bridgehead atoms. The molecule has 0 aliphatic carbocycles. The molecule has 0 unspecified atom stereocenters. The highest BCUT2D eigenvalue weighted by Crippen LogP contribution is 2.14. The van der Waals surface area contributed by atoms with Crippen LogP contribution >= 0.6 is 0 Å². The minimum Gasteiger partial charge on any atom is -0.489 e. The van der Waals surface area contributed by atoms with Crippen molar-refractivity contribution in [3.63, 3.8) is 0 Å². The summed E-state index contributed by atoms with van der Waals surface area (Å²) >= 11 is 0. The highest BCUT2D eigenvalue weighted by molar-refractivity contribution is 6.42. The van der Waals surface area contributed by atoms with Gasteiger partial charge < -0.3 is 14.7 Å². The molecule has 2 rings (SSSR count). The van der Waals surface area contributed by atoms with E-state index in [-0.39, 0.29) is 5.71 Å². The number of hydrogen-bond donors (Lipinski definition) is 1. The number of carboxylic acids is 1. The van der Waals surface area contributed by atoms with Crippen molar-refractivity contribution in [1.29, 1.82) is 0 Å². The molecule has 0 saturated heterocycles. The van der Waals surface area contributed by atoms with E-state index in [1.165, 1.54) is 12.7 Å². The van der Waals surface area contributed by atoms with Gasteiger partial charge in [0.05, 0.1) is 0 Å². The molecule has 0 amide bonds. The summed E-state index contributed by atoms with van der Waals surface area (Å²) in [5, 5.41) is 12.6. The van der Waals surface area contributed by atoms with Crippen LogP contribution in [-0.2, 0) is 16.2 Å². The third-order valence-corrected chi connectivity index (χ3v) is 3.04. The number of rotatable bonds is 6. The van der Waals surface area contributed by atoms with E-state index in [1.807, 2.05) is 31.2 Å². The normalized spacial score (nSPS) is 11.1. The van der Waals surface area contributed by atoms with Gasteiger partial charge in [0.2, 0.25) is 0 Å². The Hall–Kier alpha value is -2.82. The second-order valence-electron chi connectivity index (χ2n) is 4.73. The summed E-state index contributed by atoms with van der Waals surface area (Å²) < 4.78 is 5.67. The monoisotopic (exact) mass is 299 g/mol. The summed E-state index contributed by atoms with van der Waals surface area (Å²) in [6, 6.07) is 14.8. The summed E-state index contributed by atoms with van der Waals surface area (Å²) in [7, 11) is 1.31. The van der Waals surface area contributed by atoms with Crippen molar-refractivity contribution in [2.45, 2.75) is 13.5 Å². The predicted molar refractivity (Wildman–Crippen MR) is 83.1 cm³/mol. The van der Waals surface area contributed by atoms with Gasteiger partial charge in [-0.3, -0.25) is 0 Å². The Morgan fingerprint density at radius 1 is 1.09 bits per heavy atom. The average molecular weight is 299 g/mol. The number of carbonyl (C=O) groups is 1. The molecule has 0 saturated carbocycles. The lowest BCUT2D eigenvalue weighted by atomic mass is 10.1. The molecule has 0 fully saturated rings. The molecule has 2 aromatic carbocycles. The van der Waals surface area contributed by atoms with Gasteiger partial charge in [-0.25, -0.2) is 4.79 Å². The maximum Gasteiger partial charge on any atom is 0.358 e. The number of oxime groups is 1. The fourth-order valence-corrected chi connectivity index (χ4v) is 1.87. The topological polar surface area (TPSA) is 68.1 Å². The Kier molecular flexibility index (Phi) is 5.14. The van der Waals surface area contributed by atoms with E-state index < -0.39 is 5.97 Å². The molecule has 1 N–H and O–H groups in total. The van der Waals surface area contributed by atoms with Crippen LogP contribution in [0.3, 0.4) is 0 Å². The maximum atomic E-state index is 11.1. The second-order valence-corrected chi connectivity index (χ2v) is 4.73. The van der Waals surface area contributed by atoms with Crippen LogP contribution in [-0.4, -0.2) is 23.9 Å². The Labute approximate surface area is 128 Å². The van der Waals surface area contributed by atoms with Crippen molar-refractivity contribution in [1.82, 2.24) is 0 Å². The highest BCUT2D eigenvalue weighted by Gasteiger charge is 2.13. The van der Waals surface area contributed by atoms with E-state index in [0.29, 0.717) is 12.2 Å². The largest absolute Gasteiger partial charge is 0.489 e. The molecular weight excluding hydrogens is 282 g/mol. The number of aliphatic carboxylic acids is 1.